The van der Waals surface area contributed by atoms with Crippen molar-refractivity contribution in [2.24, 2.45) is 0 Å². The van der Waals surface area contributed by atoms with E-state index in [9.17, 15) is 9.59 Å². The van der Waals surface area contributed by atoms with Crippen molar-refractivity contribution in [3.63, 3.8) is 0 Å². The first kappa shape index (κ1) is 28.3. The number of amides is 2. The van der Waals surface area contributed by atoms with Gasteiger partial charge in [-0.15, -0.1) is 0 Å². The number of fused-ring (bicyclic) bond motifs is 1. The zero-order chi connectivity index (χ0) is 29.0. The third-order valence-electron chi connectivity index (χ3n) is 7.44. The summed E-state index contributed by atoms with van der Waals surface area (Å²) in [5, 5.41) is 9.82. The van der Waals surface area contributed by atoms with Crippen LogP contribution in [0.25, 0.3) is 11.3 Å². The Hall–Kier alpha value is -4.26. The molecule has 0 spiro atoms. The summed E-state index contributed by atoms with van der Waals surface area (Å²) < 4.78 is 5.55. The van der Waals surface area contributed by atoms with E-state index in [1.165, 1.54) is 0 Å². The first-order valence-electron chi connectivity index (χ1n) is 13.6. The minimum absolute atomic E-state index is 0.0500. The molecule has 1 saturated heterocycles. The zero-order valence-corrected chi connectivity index (χ0v) is 24.1. The highest BCUT2D eigenvalue weighted by Crippen LogP contribution is 2.41. The summed E-state index contributed by atoms with van der Waals surface area (Å²) in [6, 6.07) is 7.29. The highest BCUT2D eigenvalue weighted by Gasteiger charge is 2.37. The first-order chi connectivity index (χ1) is 19.9. The van der Waals surface area contributed by atoms with Crippen LogP contribution in [0.1, 0.15) is 41.4 Å². The van der Waals surface area contributed by atoms with Gasteiger partial charge >= 0.3 is 0 Å². The third kappa shape index (κ3) is 5.67. The molecule has 3 aromatic rings. The molecule has 212 valence electrons. The number of H-pyrrole nitrogens is 1. The molecular formula is C31H33ClN6O3. The number of pyridine rings is 1. The summed E-state index contributed by atoms with van der Waals surface area (Å²) in [5.74, 6) is 6.97. The summed E-state index contributed by atoms with van der Waals surface area (Å²) in [6.07, 6.45) is 9.15. The number of rotatable bonds is 7. The van der Waals surface area contributed by atoms with Crippen LogP contribution in [0.4, 0.5) is 11.4 Å². The predicted octanol–water partition coefficient (Wildman–Crippen LogP) is 4.28. The second-order valence-corrected chi connectivity index (χ2v) is 10.6. The number of likely N-dealkylation sites (N-methyl/N-ethyl adjacent to an activating group) is 1. The summed E-state index contributed by atoms with van der Waals surface area (Å²) in [5.41, 5.74) is 4.16. The molecule has 0 aliphatic carbocycles. The van der Waals surface area contributed by atoms with E-state index >= 15 is 0 Å². The fourth-order valence-electron chi connectivity index (χ4n) is 5.38. The van der Waals surface area contributed by atoms with E-state index in [4.69, 9.17) is 16.3 Å². The van der Waals surface area contributed by atoms with Crippen LogP contribution < -0.4 is 20.7 Å². The Morgan fingerprint density at radius 2 is 2.20 bits per heavy atom. The van der Waals surface area contributed by atoms with Gasteiger partial charge in [0.05, 0.1) is 40.3 Å². The first-order valence-corrected chi connectivity index (χ1v) is 14.0. The molecule has 2 amide bonds. The van der Waals surface area contributed by atoms with E-state index in [1.54, 1.807) is 31.6 Å². The molecule has 0 radical (unpaired) electrons. The molecule has 10 heteroatoms. The Morgan fingerprint density at radius 1 is 1.34 bits per heavy atom. The van der Waals surface area contributed by atoms with Crippen molar-refractivity contribution in [1.29, 1.82) is 0 Å². The number of anilines is 2. The Balaban J connectivity index is 1.57. The second kappa shape index (κ2) is 12.1. The number of hydrogen-bond acceptors (Lipinski definition) is 6. The molecule has 0 bridgehead atoms. The van der Waals surface area contributed by atoms with Crippen molar-refractivity contribution in [3.8, 4) is 28.8 Å². The van der Waals surface area contributed by atoms with Crippen LogP contribution in [0, 0.1) is 11.8 Å². The van der Waals surface area contributed by atoms with E-state index in [1.807, 2.05) is 43.1 Å². The van der Waals surface area contributed by atoms with Gasteiger partial charge in [-0.3, -0.25) is 14.6 Å². The number of ether oxygens (including phenoxy) is 1. The minimum atomic E-state index is -0.613. The number of aromatic amines is 1. The van der Waals surface area contributed by atoms with Crippen LogP contribution >= 0.6 is 11.6 Å². The average Bonchev–Trinajstić information content (AvgIpc) is 3.54. The lowest BCUT2D eigenvalue weighted by Gasteiger charge is -2.29. The number of aromatic nitrogens is 2. The molecule has 0 unspecified atom stereocenters. The molecule has 1 aromatic carbocycles. The molecule has 2 aliphatic rings. The topological polar surface area (TPSA) is 111 Å². The molecule has 4 N–H and O–H groups in total. The maximum atomic E-state index is 13.1. The molecule has 1 atom stereocenters. The van der Waals surface area contributed by atoms with Crippen molar-refractivity contribution in [2.75, 3.05) is 39.1 Å². The Morgan fingerprint density at radius 3 is 3.00 bits per heavy atom. The van der Waals surface area contributed by atoms with Crippen molar-refractivity contribution in [2.45, 2.75) is 31.7 Å². The van der Waals surface area contributed by atoms with E-state index in [-0.39, 0.29) is 11.8 Å². The monoisotopic (exact) mass is 572 g/mol. The summed E-state index contributed by atoms with van der Waals surface area (Å²) in [7, 11) is 3.39. The molecule has 2 aromatic heterocycles. The number of carbonyl (C=O) groups excluding carboxylic acids is 2. The highest BCUT2D eigenvalue weighted by atomic mass is 35.5. The Kier molecular flexibility index (Phi) is 8.34. The number of carbonyl (C=O) groups is 2. The number of hydrogen-bond donors (Lipinski definition) is 4. The quantitative estimate of drug-likeness (QED) is 0.248. The van der Waals surface area contributed by atoms with Crippen LogP contribution in [-0.2, 0) is 11.2 Å². The van der Waals surface area contributed by atoms with Gasteiger partial charge in [0.1, 0.15) is 5.54 Å². The number of nitrogens with one attached hydrogen (secondary N) is 4. The van der Waals surface area contributed by atoms with Crippen LogP contribution in [0.2, 0.25) is 5.02 Å². The lowest BCUT2D eigenvalue weighted by atomic mass is 9.97. The molecule has 9 nitrogen and oxygen atoms in total. The van der Waals surface area contributed by atoms with Gasteiger partial charge in [-0.25, -0.2) is 0 Å². The fraction of sp³-hybridized carbons (Fsp3) is 0.323. The number of methoxy groups -OCH3 is 1. The van der Waals surface area contributed by atoms with Crippen molar-refractivity contribution in [3.05, 3.63) is 70.7 Å². The number of halogens is 1. The maximum absolute atomic E-state index is 13.1. The molecule has 4 heterocycles. The van der Waals surface area contributed by atoms with Gasteiger partial charge in [0.25, 0.3) is 5.91 Å². The van der Waals surface area contributed by atoms with Crippen molar-refractivity contribution >= 4 is 34.8 Å². The van der Waals surface area contributed by atoms with Crippen LogP contribution in [-0.4, -0.2) is 66.0 Å². The number of likely N-dealkylation sites (tertiary alicyclic amines) is 1. The number of benzene rings is 1. The van der Waals surface area contributed by atoms with Gasteiger partial charge in [0, 0.05) is 55.8 Å². The molecule has 2 aliphatic heterocycles. The van der Waals surface area contributed by atoms with Gasteiger partial charge in [0.2, 0.25) is 5.91 Å². The van der Waals surface area contributed by atoms with Crippen LogP contribution in [0.3, 0.4) is 0 Å². The largest absolute Gasteiger partial charge is 0.493 e. The maximum Gasteiger partial charge on any atom is 0.255 e. The molecule has 1 fully saturated rings. The zero-order valence-electron chi connectivity index (χ0n) is 23.4. The molecule has 41 heavy (non-hydrogen) atoms. The normalized spacial score (nSPS) is 18.0. The van der Waals surface area contributed by atoms with Gasteiger partial charge in [-0.2, -0.15) is 0 Å². The van der Waals surface area contributed by atoms with Gasteiger partial charge in [0.15, 0.2) is 5.75 Å². The van der Waals surface area contributed by atoms with Crippen molar-refractivity contribution < 1.29 is 14.3 Å². The summed E-state index contributed by atoms with van der Waals surface area (Å²) in [6.45, 7) is 3.82. The van der Waals surface area contributed by atoms with E-state index in [2.05, 4.69) is 37.8 Å². The average molecular weight is 573 g/mol. The third-order valence-corrected chi connectivity index (χ3v) is 7.74. The van der Waals surface area contributed by atoms with Gasteiger partial charge in [-0.1, -0.05) is 35.6 Å². The van der Waals surface area contributed by atoms with E-state index < -0.39 is 5.54 Å². The van der Waals surface area contributed by atoms with Crippen molar-refractivity contribution in [1.82, 2.24) is 25.5 Å². The molecule has 0 saturated carbocycles. The summed E-state index contributed by atoms with van der Waals surface area (Å²) in [4.78, 5) is 35.7. The number of nitrogens with zero attached hydrogens (tertiary/aromatic N) is 2. The molecule has 5 rings (SSSR count). The SMILES string of the molecule is CNC/C=C/C(=O)N1CCC[C@]1(C)C#Cc1cnccc1-c1[nH]c2c(c1Nc1cccc(Cl)c1OC)C(=O)NCC2. The smallest absolute Gasteiger partial charge is 0.255 e. The summed E-state index contributed by atoms with van der Waals surface area (Å²) >= 11 is 6.40. The van der Waals surface area contributed by atoms with Crippen LogP contribution in [0.5, 0.6) is 5.75 Å². The van der Waals surface area contributed by atoms with Crippen LogP contribution in [0.15, 0.2) is 48.8 Å². The van der Waals surface area contributed by atoms with Gasteiger partial charge in [-0.05, 0) is 45.0 Å². The van der Waals surface area contributed by atoms with E-state index in [0.29, 0.717) is 65.0 Å². The van der Waals surface area contributed by atoms with E-state index in [0.717, 1.165) is 24.1 Å². The highest BCUT2D eigenvalue weighted by molar-refractivity contribution is 6.32. The molecular weight excluding hydrogens is 540 g/mol. The number of para-hydroxylation sites is 1. The fourth-order valence-corrected chi connectivity index (χ4v) is 5.64. The minimum Gasteiger partial charge on any atom is -0.493 e. The second-order valence-electron chi connectivity index (χ2n) is 10.2. The Labute approximate surface area is 244 Å². The lowest BCUT2D eigenvalue weighted by Crippen LogP contribution is -2.43. The lowest BCUT2D eigenvalue weighted by molar-refractivity contribution is -0.128. The standard InChI is InChI=1S/C31H33ClN6O3/c1-31(13-6-18-38(31)25(39)9-5-15-33-2)14-10-20-19-34-16-11-21(20)27-28(26-23(36-27)12-17-35-30(26)40)37-24-8-4-7-22(32)29(24)41-3/h4-5,7-9,11,16,19,33,36-37H,6,12-13,15,17-18H2,1-3H3,(H,35,40)/b9-5+/t31-/m1/s1. The Bertz CT molecular complexity index is 1570. The predicted molar refractivity (Wildman–Crippen MR) is 161 cm³/mol. The van der Waals surface area contributed by atoms with Gasteiger partial charge < -0.3 is 30.6 Å².